The number of rotatable bonds is 8. The molecule has 0 aliphatic heterocycles. The smallest absolute Gasteiger partial charge is 0.352 e. The molecule has 0 aromatic heterocycles. The van der Waals surface area contributed by atoms with Gasteiger partial charge in [0.2, 0.25) is 5.91 Å². The number of carbonyl (C=O) groups excluding carboxylic acids is 1. The van der Waals surface area contributed by atoms with Crippen molar-refractivity contribution < 1.29 is 23.8 Å². The van der Waals surface area contributed by atoms with Crippen LogP contribution in [0.25, 0.3) is 6.08 Å². The first kappa shape index (κ1) is 22.0. The number of amides is 1. The molecule has 0 bridgehead atoms. The lowest BCUT2D eigenvalue weighted by atomic mass is 10.0. The molecule has 0 heterocycles. The molecule has 0 atom stereocenters. The number of carboxylic acids is 1. The third-order valence-corrected chi connectivity index (χ3v) is 5.69. The number of hydrogen-bond acceptors (Lipinski definition) is 3. The summed E-state index contributed by atoms with van der Waals surface area (Å²) in [5.74, 6) is -0.309. The van der Waals surface area contributed by atoms with Crippen LogP contribution in [0.4, 0.5) is 4.39 Å². The Morgan fingerprint density at radius 3 is 2.50 bits per heavy atom. The molecule has 2 aromatic carbocycles. The average Bonchev–Trinajstić information content (AvgIpc) is 3.23. The standard InChI is InChI=1S/C23H23BrFNO4/c24-19-14-17(25)8-11-21(19)30-18-9-5-16(6-10-18)13-20(23(28)29)26-22(27)12-7-15-3-1-2-4-15/h5-6,8-11,13-15H,1-4,7,12H2,(H,26,27)(H,28,29)/b20-13+. The highest BCUT2D eigenvalue weighted by atomic mass is 79.9. The molecular formula is C23H23BrFNO4. The van der Waals surface area contributed by atoms with Crippen LogP contribution in [-0.4, -0.2) is 17.0 Å². The van der Waals surface area contributed by atoms with Gasteiger partial charge in [0.1, 0.15) is 23.0 Å². The number of halogens is 2. The minimum atomic E-state index is -1.19. The summed E-state index contributed by atoms with van der Waals surface area (Å²) in [7, 11) is 0. The quantitative estimate of drug-likeness (QED) is 0.466. The first-order valence-electron chi connectivity index (χ1n) is 9.88. The van der Waals surface area contributed by atoms with E-state index in [0.29, 0.717) is 33.9 Å². The lowest BCUT2D eigenvalue weighted by molar-refractivity contribution is -0.134. The van der Waals surface area contributed by atoms with Crippen LogP contribution in [0.3, 0.4) is 0 Å². The average molecular weight is 476 g/mol. The van der Waals surface area contributed by atoms with E-state index in [2.05, 4.69) is 21.2 Å². The molecule has 1 fully saturated rings. The van der Waals surface area contributed by atoms with Gasteiger partial charge in [0.05, 0.1) is 4.47 Å². The number of hydrogen-bond donors (Lipinski definition) is 2. The Morgan fingerprint density at radius 1 is 1.17 bits per heavy atom. The van der Waals surface area contributed by atoms with Crippen molar-refractivity contribution in [3.05, 3.63) is 64.0 Å². The zero-order valence-corrected chi connectivity index (χ0v) is 18.0. The monoisotopic (exact) mass is 475 g/mol. The van der Waals surface area contributed by atoms with Gasteiger partial charge in [0, 0.05) is 6.42 Å². The van der Waals surface area contributed by atoms with Crippen LogP contribution >= 0.6 is 15.9 Å². The topological polar surface area (TPSA) is 75.6 Å². The Morgan fingerprint density at radius 2 is 1.87 bits per heavy atom. The van der Waals surface area contributed by atoms with E-state index >= 15 is 0 Å². The third kappa shape index (κ3) is 6.42. The van der Waals surface area contributed by atoms with Crippen molar-refractivity contribution in [3.8, 4) is 11.5 Å². The van der Waals surface area contributed by atoms with Gasteiger partial charge in [-0.3, -0.25) is 4.79 Å². The number of benzene rings is 2. The molecule has 1 saturated carbocycles. The molecule has 158 valence electrons. The van der Waals surface area contributed by atoms with Crippen LogP contribution in [0.15, 0.2) is 52.6 Å². The van der Waals surface area contributed by atoms with Crippen molar-refractivity contribution in [1.82, 2.24) is 5.32 Å². The minimum Gasteiger partial charge on any atom is -0.477 e. The van der Waals surface area contributed by atoms with Crippen LogP contribution in [0.5, 0.6) is 11.5 Å². The molecule has 0 saturated heterocycles. The third-order valence-electron chi connectivity index (χ3n) is 5.07. The summed E-state index contributed by atoms with van der Waals surface area (Å²) in [6.45, 7) is 0. The highest BCUT2D eigenvalue weighted by molar-refractivity contribution is 9.10. The molecule has 1 aliphatic rings. The number of ether oxygens (including phenoxy) is 1. The second kappa shape index (κ2) is 10.4. The Labute approximate surface area is 183 Å². The van der Waals surface area contributed by atoms with Gasteiger partial charge in [-0.15, -0.1) is 0 Å². The predicted octanol–water partition coefficient (Wildman–Crippen LogP) is 5.89. The SMILES string of the molecule is O=C(CCC1CCCC1)N/C(=C/c1ccc(Oc2ccc(F)cc2Br)cc1)C(=O)O. The fraction of sp³-hybridized carbons (Fsp3) is 0.304. The first-order chi connectivity index (χ1) is 14.4. The molecule has 7 heteroatoms. The molecule has 2 N–H and O–H groups in total. The van der Waals surface area contributed by atoms with Crippen molar-refractivity contribution in [1.29, 1.82) is 0 Å². The molecule has 2 aromatic rings. The van der Waals surface area contributed by atoms with E-state index in [1.807, 2.05) is 0 Å². The maximum absolute atomic E-state index is 13.2. The summed E-state index contributed by atoms with van der Waals surface area (Å²) in [4.78, 5) is 23.7. The second-order valence-corrected chi connectivity index (χ2v) is 8.20. The van der Waals surface area contributed by atoms with Crippen LogP contribution < -0.4 is 10.1 Å². The lowest BCUT2D eigenvalue weighted by Crippen LogP contribution is -2.27. The van der Waals surface area contributed by atoms with Gasteiger partial charge in [-0.2, -0.15) is 0 Å². The molecule has 1 amide bonds. The molecule has 3 rings (SSSR count). The predicted molar refractivity (Wildman–Crippen MR) is 116 cm³/mol. The van der Waals surface area contributed by atoms with Gasteiger partial charge < -0.3 is 15.2 Å². The van der Waals surface area contributed by atoms with E-state index < -0.39 is 5.97 Å². The second-order valence-electron chi connectivity index (χ2n) is 7.35. The Bertz CT molecular complexity index is 937. The fourth-order valence-corrected chi connectivity index (χ4v) is 3.91. The van der Waals surface area contributed by atoms with Gasteiger partial charge in [-0.05, 0) is 70.2 Å². The summed E-state index contributed by atoms with van der Waals surface area (Å²) in [6, 6.07) is 10.8. The molecule has 0 spiro atoms. The molecular weight excluding hydrogens is 453 g/mol. The summed E-state index contributed by atoms with van der Waals surface area (Å²) < 4.78 is 19.4. The van der Waals surface area contributed by atoms with Crippen molar-refractivity contribution in [2.75, 3.05) is 0 Å². The molecule has 30 heavy (non-hydrogen) atoms. The zero-order valence-electron chi connectivity index (χ0n) is 16.4. The van der Waals surface area contributed by atoms with Crippen LogP contribution in [0.1, 0.15) is 44.1 Å². The summed E-state index contributed by atoms with van der Waals surface area (Å²) in [5.41, 5.74) is 0.440. The minimum absolute atomic E-state index is 0.165. The molecule has 0 unspecified atom stereocenters. The highest BCUT2D eigenvalue weighted by Gasteiger charge is 2.17. The van der Waals surface area contributed by atoms with Crippen LogP contribution in [-0.2, 0) is 9.59 Å². The summed E-state index contributed by atoms with van der Waals surface area (Å²) >= 11 is 3.24. The molecule has 0 radical (unpaired) electrons. The van der Waals surface area contributed by atoms with Gasteiger partial charge >= 0.3 is 5.97 Å². The highest BCUT2D eigenvalue weighted by Crippen LogP contribution is 2.30. The van der Waals surface area contributed by atoms with Gasteiger partial charge in [0.25, 0.3) is 0 Å². The maximum Gasteiger partial charge on any atom is 0.352 e. The number of carboxylic acid groups (broad SMARTS) is 1. The fourth-order valence-electron chi connectivity index (χ4n) is 3.48. The van der Waals surface area contributed by atoms with E-state index in [1.165, 1.54) is 37.1 Å². The summed E-state index contributed by atoms with van der Waals surface area (Å²) in [5, 5.41) is 11.9. The van der Waals surface area contributed by atoms with E-state index in [9.17, 15) is 19.1 Å². The number of aliphatic carboxylic acids is 1. The van der Waals surface area contributed by atoms with Crippen molar-refractivity contribution in [2.24, 2.45) is 5.92 Å². The molecule has 5 nitrogen and oxygen atoms in total. The Kier molecular flexibility index (Phi) is 7.63. The van der Waals surface area contributed by atoms with E-state index in [4.69, 9.17) is 4.74 Å². The lowest BCUT2D eigenvalue weighted by Gasteiger charge is -2.10. The molecule has 1 aliphatic carbocycles. The van der Waals surface area contributed by atoms with Crippen LogP contribution in [0.2, 0.25) is 0 Å². The van der Waals surface area contributed by atoms with Crippen molar-refractivity contribution >= 4 is 33.9 Å². The van der Waals surface area contributed by atoms with E-state index in [-0.39, 0.29) is 17.4 Å². The zero-order chi connectivity index (χ0) is 21.5. The number of carbonyl (C=O) groups is 2. The maximum atomic E-state index is 13.2. The van der Waals surface area contributed by atoms with Crippen molar-refractivity contribution in [2.45, 2.75) is 38.5 Å². The summed E-state index contributed by atoms with van der Waals surface area (Å²) in [6.07, 6.45) is 7.26. The Hall–Kier alpha value is -2.67. The largest absolute Gasteiger partial charge is 0.477 e. The van der Waals surface area contributed by atoms with E-state index in [1.54, 1.807) is 24.3 Å². The Balaban J connectivity index is 1.62. The number of nitrogens with one attached hydrogen (secondary N) is 1. The van der Waals surface area contributed by atoms with Crippen LogP contribution in [0, 0.1) is 11.7 Å². The van der Waals surface area contributed by atoms with E-state index in [0.717, 1.165) is 19.3 Å². The van der Waals surface area contributed by atoms with Crippen molar-refractivity contribution in [3.63, 3.8) is 0 Å². The van der Waals surface area contributed by atoms with Gasteiger partial charge in [-0.1, -0.05) is 37.8 Å². The van der Waals surface area contributed by atoms with Gasteiger partial charge in [-0.25, -0.2) is 9.18 Å². The van der Waals surface area contributed by atoms with Gasteiger partial charge in [0.15, 0.2) is 0 Å². The first-order valence-corrected chi connectivity index (χ1v) is 10.7. The normalized spacial score (nSPS) is 14.5.